The van der Waals surface area contributed by atoms with Crippen molar-refractivity contribution < 1.29 is 4.79 Å². The standard InChI is InChI=1S/C14H19BrN2O.ClH/c1-10(8-16)14(18)17(13-5-6-13)9-11-3-2-4-12(15)7-11;/h2-4,7,10,13H,5-6,8-9,16H2,1H3;1H. The Morgan fingerprint density at radius 3 is 2.74 bits per heavy atom. The quantitative estimate of drug-likeness (QED) is 0.890. The molecule has 1 aromatic carbocycles. The van der Waals surface area contributed by atoms with Crippen molar-refractivity contribution >= 4 is 34.2 Å². The van der Waals surface area contributed by atoms with Crippen LogP contribution in [-0.2, 0) is 11.3 Å². The van der Waals surface area contributed by atoms with E-state index < -0.39 is 0 Å². The summed E-state index contributed by atoms with van der Waals surface area (Å²) in [5, 5.41) is 0. The number of nitrogens with two attached hydrogens (primary N) is 1. The first-order chi connectivity index (χ1) is 8.61. The van der Waals surface area contributed by atoms with Gasteiger partial charge in [0.25, 0.3) is 0 Å². The highest BCUT2D eigenvalue weighted by Crippen LogP contribution is 2.30. The lowest BCUT2D eigenvalue weighted by molar-refractivity contribution is -0.135. The van der Waals surface area contributed by atoms with Crippen molar-refractivity contribution in [2.24, 2.45) is 11.7 Å². The number of amides is 1. The van der Waals surface area contributed by atoms with Crippen molar-refractivity contribution in [2.45, 2.75) is 32.4 Å². The fourth-order valence-electron chi connectivity index (χ4n) is 1.99. The number of hydrogen-bond donors (Lipinski definition) is 1. The minimum atomic E-state index is -0.0854. The Bertz CT molecular complexity index is 437. The van der Waals surface area contributed by atoms with E-state index in [2.05, 4.69) is 28.1 Å². The smallest absolute Gasteiger partial charge is 0.227 e. The summed E-state index contributed by atoms with van der Waals surface area (Å²) in [4.78, 5) is 14.3. The first kappa shape index (κ1) is 16.5. The van der Waals surface area contributed by atoms with Crippen LogP contribution in [0.4, 0.5) is 0 Å². The summed E-state index contributed by atoms with van der Waals surface area (Å²) in [5.74, 6) is 0.0951. The van der Waals surface area contributed by atoms with E-state index in [1.165, 1.54) is 0 Å². The molecule has 0 heterocycles. The summed E-state index contributed by atoms with van der Waals surface area (Å²) >= 11 is 3.46. The van der Waals surface area contributed by atoms with Crippen LogP contribution in [0.25, 0.3) is 0 Å². The molecule has 1 fully saturated rings. The third-order valence-electron chi connectivity index (χ3n) is 3.29. The van der Waals surface area contributed by atoms with Gasteiger partial charge in [-0.2, -0.15) is 0 Å². The monoisotopic (exact) mass is 346 g/mol. The molecule has 0 bridgehead atoms. The molecule has 0 aliphatic heterocycles. The predicted octanol–water partition coefficient (Wildman–Crippen LogP) is 2.96. The molecule has 1 aliphatic rings. The van der Waals surface area contributed by atoms with Crippen molar-refractivity contribution in [1.82, 2.24) is 4.90 Å². The Kier molecular flexibility index (Phi) is 6.30. The summed E-state index contributed by atoms with van der Waals surface area (Å²) in [7, 11) is 0. The molecular formula is C14H20BrClN2O. The molecule has 1 amide bonds. The van der Waals surface area contributed by atoms with E-state index in [1.807, 2.05) is 24.0 Å². The van der Waals surface area contributed by atoms with Gasteiger partial charge in [-0.3, -0.25) is 4.79 Å². The SMILES string of the molecule is CC(CN)C(=O)N(Cc1cccc(Br)c1)C1CC1.Cl. The molecule has 0 aromatic heterocycles. The van der Waals surface area contributed by atoms with Crippen molar-refractivity contribution in [3.8, 4) is 0 Å². The van der Waals surface area contributed by atoms with E-state index in [0.29, 0.717) is 19.1 Å². The number of benzene rings is 1. The average molecular weight is 348 g/mol. The summed E-state index contributed by atoms with van der Waals surface area (Å²) in [5.41, 5.74) is 6.75. The van der Waals surface area contributed by atoms with Gasteiger partial charge in [0.15, 0.2) is 0 Å². The maximum absolute atomic E-state index is 12.3. The van der Waals surface area contributed by atoms with Crippen LogP contribution in [0.5, 0.6) is 0 Å². The van der Waals surface area contributed by atoms with E-state index in [4.69, 9.17) is 5.73 Å². The number of halogens is 2. The molecule has 1 aromatic rings. The van der Waals surface area contributed by atoms with Crippen LogP contribution in [-0.4, -0.2) is 23.4 Å². The minimum Gasteiger partial charge on any atom is -0.335 e. The van der Waals surface area contributed by atoms with Gasteiger partial charge in [-0.15, -0.1) is 12.4 Å². The third-order valence-corrected chi connectivity index (χ3v) is 3.78. The second-order valence-corrected chi connectivity index (χ2v) is 5.88. The van der Waals surface area contributed by atoms with Gasteiger partial charge < -0.3 is 10.6 Å². The van der Waals surface area contributed by atoms with Crippen LogP contribution in [0.1, 0.15) is 25.3 Å². The van der Waals surface area contributed by atoms with E-state index in [1.54, 1.807) is 0 Å². The number of carbonyl (C=O) groups is 1. The Morgan fingerprint density at radius 2 is 2.21 bits per heavy atom. The maximum Gasteiger partial charge on any atom is 0.227 e. The van der Waals surface area contributed by atoms with E-state index >= 15 is 0 Å². The molecule has 1 atom stereocenters. The molecule has 3 nitrogen and oxygen atoms in total. The topological polar surface area (TPSA) is 46.3 Å². The number of hydrogen-bond acceptors (Lipinski definition) is 2. The van der Waals surface area contributed by atoms with Crippen molar-refractivity contribution in [1.29, 1.82) is 0 Å². The molecule has 2 N–H and O–H groups in total. The first-order valence-corrected chi connectivity index (χ1v) is 7.16. The first-order valence-electron chi connectivity index (χ1n) is 6.37. The van der Waals surface area contributed by atoms with Crippen molar-refractivity contribution in [3.05, 3.63) is 34.3 Å². The molecule has 19 heavy (non-hydrogen) atoms. The largest absolute Gasteiger partial charge is 0.335 e. The van der Waals surface area contributed by atoms with Crippen molar-refractivity contribution in [2.75, 3.05) is 6.54 Å². The van der Waals surface area contributed by atoms with Gasteiger partial charge in [-0.1, -0.05) is 35.0 Å². The summed E-state index contributed by atoms with van der Waals surface area (Å²) in [6, 6.07) is 8.54. The highest BCUT2D eigenvalue weighted by atomic mass is 79.9. The molecule has 0 radical (unpaired) electrons. The molecule has 106 valence electrons. The molecule has 1 aliphatic carbocycles. The number of rotatable bonds is 5. The van der Waals surface area contributed by atoms with Crippen LogP contribution in [0, 0.1) is 5.92 Å². The highest BCUT2D eigenvalue weighted by molar-refractivity contribution is 9.10. The van der Waals surface area contributed by atoms with Gasteiger partial charge in [-0.05, 0) is 30.5 Å². The third kappa shape index (κ3) is 4.48. The molecule has 1 saturated carbocycles. The second-order valence-electron chi connectivity index (χ2n) is 4.96. The predicted molar refractivity (Wildman–Crippen MR) is 83.2 cm³/mol. The van der Waals surface area contributed by atoms with Crippen LogP contribution in [0.3, 0.4) is 0 Å². The summed E-state index contributed by atoms with van der Waals surface area (Å²) < 4.78 is 1.05. The number of carbonyl (C=O) groups excluding carboxylic acids is 1. The van der Waals surface area contributed by atoms with Gasteiger partial charge in [0.05, 0.1) is 0 Å². The Balaban J connectivity index is 0.00000180. The molecule has 5 heteroatoms. The zero-order valence-electron chi connectivity index (χ0n) is 11.0. The average Bonchev–Trinajstić information content (AvgIpc) is 3.18. The van der Waals surface area contributed by atoms with Gasteiger partial charge in [-0.25, -0.2) is 0 Å². The Hall–Kier alpha value is -0.580. The van der Waals surface area contributed by atoms with Gasteiger partial charge >= 0.3 is 0 Å². The van der Waals surface area contributed by atoms with E-state index in [9.17, 15) is 4.79 Å². The van der Waals surface area contributed by atoms with Crippen LogP contribution < -0.4 is 5.73 Å². The molecule has 0 spiro atoms. The van der Waals surface area contributed by atoms with Crippen LogP contribution in [0.15, 0.2) is 28.7 Å². The Labute approximate surface area is 129 Å². The zero-order valence-corrected chi connectivity index (χ0v) is 13.4. The summed E-state index contributed by atoms with van der Waals surface area (Å²) in [6.07, 6.45) is 2.24. The normalized spacial score (nSPS) is 15.5. The van der Waals surface area contributed by atoms with Gasteiger partial charge in [0.1, 0.15) is 0 Å². The zero-order chi connectivity index (χ0) is 13.1. The molecular weight excluding hydrogens is 328 g/mol. The highest BCUT2D eigenvalue weighted by Gasteiger charge is 2.34. The van der Waals surface area contributed by atoms with Gasteiger partial charge in [0, 0.05) is 29.5 Å². The lowest BCUT2D eigenvalue weighted by Gasteiger charge is -2.25. The van der Waals surface area contributed by atoms with Crippen molar-refractivity contribution in [3.63, 3.8) is 0 Å². The fourth-order valence-corrected chi connectivity index (χ4v) is 2.44. The summed E-state index contributed by atoms with van der Waals surface area (Å²) in [6.45, 7) is 3.01. The molecule has 1 unspecified atom stereocenters. The Morgan fingerprint density at radius 1 is 1.53 bits per heavy atom. The lowest BCUT2D eigenvalue weighted by atomic mass is 10.1. The second kappa shape index (κ2) is 7.27. The van der Waals surface area contributed by atoms with E-state index in [-0.39, 0.29) is 24.2 Å². The fraction of sp³-hybridized carbons (Fsp3) is 0.500. The molecule has 2 rings (SSSR count). The number of nitrogens with zero attached hydrogens (tertiary/aromatic N) is 1. The van der Waals surface area contributed by atoms with Crippen LogP contribution >= 0.6 is 28.3 Å². The van der Waals surface area contributed by atoms with Crippen LogP contribution in [0.2, 0.25) is 0 Å². The maximum atomic E-state index is 12.3. The van der Waals surface area contributed by atoms with E-state index in [0.717, 1.165) is 22.9 Å². The van der Waals surface area contributed by atoms with Gasteiger partial charge in [0.2, 0.25) is 5.91 Å². The lowest BCUT2D eigenvalue weighted by Crippen LogP contribution is -2.38. The molecule has 0 saturated heterocycles. The minimum absolute atomic E-state index is 0.